The van der Waals surface area contributed by atoms with Crippen molar-refractivity contribution in [2.45, 2.75) is 27.7 Å². The van der Waals surface area contributed by atoms with Gasteiger partial charge >= 0.3 is 5.97 Å². The zero-order valence-electron chi connectivity index (χ0n) is 15.7. The highest BCUT2D eigenvalue weighted by Crippen LogP contribution is 2.19. The van der Waals surface area contributed by atoms with Crippen LogP contribution in [0, 0.1) is 13.8 Å². The summed E-state index contributed by atoms with van der Waals surface area (Å²) in [5.74, 6) is -0.738. The number of ether oxygens (including phenoxy) is 1. The summed E-state index contributed by atoms with van der Waals surface area (Å²) in [5, 5.41) is 4.53. The van der Waals surface area contributed by atoms with Crippen molar-refractivity contribution in [1.82, 2.24) is 14.7 Å². The molecule has 6 heteroatoms. The Hall–Kier alpha value is -2.89. The molecule has 0 bridgehead atoms. The van der Waals surface area contributed by atoms with Gasteiger partial charge in [-0.3, -0.25) is 4.79 Å². The molecule has 0 unspecified atom stereocenters. The van der Waals surface area contributed by atoms with Crippen molar-refractivity contribution in [2.24, 2.45) is 0 Å². The Balaban J connectivity index is 2.05. The number of rotatable bonds is 7. The van der Waals surface area contributed by atoms with E-state index in [2.05, 4.69) is 5.10 Å². The zero-order chi connectivity index (χ0) is 19.1. The maximum atomic E-state index is 11.9. The van der Waals surface area contributed by atoms with Crippen molar-refractivity contribution in [2.75, 3.05) is 19.7 Å². The van der Waals surface area contributed by atoms with Gasteiger partial charge in [0.2, 0.25) is 0 Å². The molecule has 0 atom stereocenters. The molecule has 1 heterocycles. The maximum absolute atomic E-state index is 11.9. The fourth-order valence-electron chi connectivity index (χ4n) is 2.72. The number of hydrogen-bond donors (Lipinski definition) is 0. The minimum atomic E-state index is -0.545. The Kier molecular flexibility index (Phi) is 6.72. The summed E-state index contributed by atoms with van der Waals surface area (Å²) in [6.07, 6.45) is 3.02. The van der Waals surface area contributed by atoms with Gasteiger partial charge in [0, 0.05) is 30.4 Å². The van der Waals surface area contributed by atoms with E-state index < -0.39 is 5.97 Å². The van der Waals surface area contributed by atoms with Crippen LogP contribution in [0.1, 0.15) is 30.8 Å². The van der Waals surface area contributed by atoms with Crippen molar-refractivity contribution in [3.05, 3.63) is 53.4 Å². The molecule has 0 spiro atoms. The third-order valence-corrected chi connectivity index (χ3v) is 4.19. The number of aromatic nitrogens is 2. The molecular weight excluding hydrogens is 330 g/mol. The minimum absolute atomic E-state index is 0.194. The highest BCUT2D eigenvalue weighted by atomic mass is 16.5. The summed E-state index contributed by atoms with van der Waals surface area (Å²) in [5.41, 5.74) is 3.56. The van der Waals surface area contributed by atoms with Gasteiger partial charge in [-0.05, 0) is 45.9 Å². The highest BCUT2D eigenvalue weighted by molar-refractivity contribution is 5.89. The second kappa shape index (κ2) is 8.99. The van der Waals surface area contributed by atoms with Crippen molar-refractivity contribution in [1.29, 1.82) is 0 Å². The summed E-state index contributed by atoms with van der Waals surface area (Å²) in [7, 11) is 0. The van der Waals surface area contributed by atoms with Gasteiger partial charge in [-0.15, -0.1) is 0 Å². The molecule has 1 aromatic heterocycles. The van der Waals surface area contributed by atoms with Gasteiger partial charge in [-0.25, -0.2) is 9.48 Å². The van der Waals surface area contributed by atoms with Gasteiger partial charge in [0.05, 0.1) is 11.4 Å². The Bertz CT molecular complexity index is 790. The number of para-hydroxylation sites is 1. The van der Waals surface area contributed by atoms with E-state index in [1.54, 1.807) is 11.0 Å². The van der Waals surface area contributed by atoms with Gasteiger partial charge in [-0.2, -0.15) is 5.10 Å². The summed E-state index contributed by atoms with van der Waals surface area (Å²) in [6, 6.07) is 9.79. The monoisotopic (exact) mass is 355 g/mol. The van der Waals surface area contributed by atoms with Crippen LogP contribution in [0.4, 0.5) is 0 Å². The van der Waals surface area contributed by atoms with Crippen LogP contribution >= 0.6 is 0 Å². The fourth-order valence-corrected chi connectivity index (χ4v) is 2.72. The van der Waals surface area contributed by atoms with Gasteiger partial charge in [0.15, 0.2) is 6.61 Å². The van der Waals surface area contributed by atoms with Gasteiger partial charge in [0.25, 0.3) is 5.91 Å². The maximum Gasteiger partial charge on any atom is 0.331 e. The molecule has 0 saturated heterocycles. The number of benzene rings is 1. The molecule has 2 rings (SSSR count). The molecule has 0 saturated carbocycles. The second-order valence-electron chi connectivity index (χ2n) is 5.84. The average molecular weight is 355 g/mol. The predicted molar refractivity (Wildman–Crippen MR) is 101 cm³/mol. The van der Waals surface area contributed by atoms with Gasteiger partial charge in [0.1, 0.15) is 0 Å². The first kappa shape index (κ1) is 19.4. The molecule has 0 N–H and O–H groups in total. The molecule has 2 aromatic rings. The van der Waals surface area contributed by atoms with Crippen LogP contribution in [-0.4, -0.2) is 46.3 Å². The minimum Gasteiger partial charge on any atom is -0.452 e. The van der Waals surface area contributed by atoms with Crippen LogP contribution < -0.4 is 0 Å². The second-order valence-corrected chi connectivity index (χ2v) is 5.84. The van der Waals surface area contributed by atoms with Crippen LogP contribution in [0.15, 0.2) is 36.4 Å². The van der Waals surface area contributed by atoms with E-state index in [0.717, 1.165) is 22.6 Å². The van der Waals surface area contributed by atoms with E-state index in [0.29, 0.717) is 13.1 Å². The molecule has 0 aliphatic heterocycles. The van der Waals surface area contributed by atoms with Gasteiger partial charge < -0.3 is 9.64 Å². The largest absolute Gasteiger partial charge is 0.452 e. The van der Waals surface area contributed by atoms with Crippen LogP contribution in [0.5, 0.6) is 0 Å². The molecule has 26 heavy (non-hydrogen) atoms. The lowest BCUT2D eigenvalue weighted by atomic mass is 10.2. The normalized spacial score (nSPS) is 10.9. The Morgan fingerprint density at radius 3 is 2.42 bits per heavy atom. The van der Waals surface area contributed by atoms with E-state index >= 15 is 0 Å². The van der Waals surface area contributed by atoms with E-state index in [9.17, 15) is 9.59 Å². The number of likely N-dealkylation sites (N-methyl/N-ethyl adjacent to an activating group) is 1. The first-order chi connectivity index (χ1) is 12.5. The van der Waals surface area contributed by atoms with Crippen LogP contribution in [-0.2, 0) is 14.3 Å². The third kappa shape index (κ3) is 4.59. The van der Waals surface area contributed by atoms with Crippen molar-refractivity contribution < 1.29 is 14.3 Å². The molecule has 1 amide bonds. The van der Waals surface area contributed by atoms with Crippen LogP contribution in [0.2, 0.25) is 0 Å². The van der Waals surface area contributed by atoms with E-state index in [4.69, 9.17) is 4.74 Å². The lowest BCUT2D eigenvalue weighted by molar-refractivity contribution is -0.147. The smallest absolute Gasteiger partial charge is 0.331 e. The van der Waals surface area contributed by atoms with E-state index in [-0.39, 0.29) is 12.5 Å². The van der Waals surface area contributed by atoms with E-state index in [1.807, 2.05) is 62.7 Å². The Morgan fingerprint density at radius 2 is 1.81 bits per heavy atom. The lowest BCUT2D eigenvalue weighted by Crippen LogP contribution is -2.34. The number of esters is 1. The SMILES string of the molecule is CCN(CC)C(=O)COC(=O)/C=C/c1c(C)nn(-c2ccccc2)c1C. The molecule has 1 aromatic carbocycles. The molecular formula is C20H25N3O3. The van der Waals surface area contributed by atoms with Crippen molar-refractivity contribution in [3.63, 3.8) is 0 Å². The number of nitrogens with zero attached hydrogens (tertiary/aromatic N) is 3. The zero-order valence-corrected chi connectivity index (χ0v) is 15.7. The summed E-state index contributed by atoms with van der Waals surface area (Å²) in [4.78, 5) is 25.4. The number of amides is 1. The summed E-state index contributed by atoms with van der Waals surface area (Å²) in [6.45, 7) is 8.56. The Morgan fingerprint density at radius 1 is 1.15 bits per heavy atom. The molecule has 0 radical (unpaired) electrons. The molecule has 0 fully saturated rings. The fraction of sp³-hybridized carbons (Fsp3) is 0.350. The van der Waals surface area contributed by atoms with Crippen molar-refractivity contribution >= 4 is 18.0 Å². The number of aryl methyl sites for hydroxylation is 1. The first-order valence-corrected chi connectivity index (χ1v) is 8.72. The third-order valence-electron chi connectivity index (χ3n) is 4.19. The van der Waals surface area contributed by atoms with Crippen LogP contribution in [0.3, 0.4) is 0 Å². The quantitative estimate of drug-likeness (QED) is 0.566. The molecule has 0 aliphatic carbocycles. The number of hydrogen-bond acceptors (Lipinski definition) is 4. The van der Waals surface area contributed by atoms with Gasteiger partial charge in [-0.1, -0.05) is 18.2 Å². The lowest BCUT2D eigenvalue weighted by Gasteiger charge is -2.17. The van der Waals surface area contributed by atoms with Crippen molar-refractivity contribution in [3.8, 4) is 5.69 Å². The highest BCUT2D eigenvalue weighted by Gasteiger charge is 2.13. The summed E-state index contributed by atoms with van der Waals surface area (Å²) < 4.78 is 6.87. The molecule has 138 valence electrons. The first-order valence-electron chi connectivity index (χ1n) is 8.72. The molecule has 0 aliphatic rings. The van der Waals surface area contributed by atoms with Crippen LogP contribution in [0.25, 0.3) is 11.8 Å². The average Bonchev–Trinajstić information content (AvgIpc) is 2.94. The summed E-state index contributed by atoms with van der Waals surface area (Å²) >= 11 is 0. The van der Waals surface area contributed by atoms with E-state index in [1.165, 1.54) is 6.08 Å². The Labute approximate surface area is 154 Å². The number of carbonyl (C=O) groups is 2. The number of carbonyl (C=O) groups excluding carboxylic acids is 2. The molecule has 6 nitrogen and oxygen atoms in total. The topological polar surface area (TPSA) is 64.4 Å². The standard InChI is InChI=1S/C20H25N3O3/c1-5-22(6-2)19(24)14-26-20(25)13-12-18-15(3)21-23(16(18)4)17-10-8-7-9-11-17/h7-13H,5-6,14H2,1-4H3/b13-12+. The predicted octanol–water partition coefficient (Wildman–Crippen LogP) is 2.91.